The van der Waals surface area contributed by atoms with Gasteiger partial charge in [-0.05, 0) is 37.8 Å². The molecule has 2 heterocycles. The van der Waals surface area contributed by atoms with E-state index in [0.717, 1.165) is 44.6 Å². The predicted octanol–water partition coefficient (Wildman–Crippen LogP) is 1.48. The van der Waals surface area contributed by atoms with Gasteiger partial charge in [0.2, 0.25) is 5.91 Å². The highest BCUT2D eigenvalue weighted by Crippen LogP contribution is 2.32. The highest BCUT2D eigenvalue weighted by molar-refractivity contribution is 5.81. The Labute approximate surface area is 113 Å². The number of nitrogens with two attached hydrogens (primary N) is 1. The summed E-state index contributed by atoms with van der Waals surface area (Å²) >= 11 is 0. The molecule has 1 amide bonds. The molecular weight excluding hydrogens is 240 g/mol. The van der Waals surface area contributed by atoms with E-state index < -0.39 is 0 Å². The summed E-state index contributed by atoms with van der Waals surface area (Å²) in [5.41, 5.74) is 6.29. The summed E-state index contributed by atoms with van der Waals surface area (Å²) < 4.78 is 0. The van der Waals surface area contributed by atoms with Crippen LogP contribution in [-0.4, -0.2) is 34.9 Å². The van der Waals surface area contributed by atoms with Crippen LogP contribution in [0.4, 0.5) is 11.5 Å². The van der Waals surface area contributed by atoms with Crippen molar-refractivity contribution >= 4 is 17.4 Å². The van der Waals surface area contributed by atoms with Gasteiger partial charge in [0.1, 0.15) is 5.82 Å². The smallest absolute Gasteiger partial charge is 0.225 e. The van der Waals surface area contributed by atoms with Crippen LogP contribution in [0.25, 0.3) is 0 Å². The van der Waals surface area contributed by atoms with Crippen molar-refractivity contribution in [3.8, 4) is 0 Å². The number of likely N-dealkylation sites (tertiary alicyclic amines) is 1. The molecule has 3 rings (SSSR count). The van der Waals surface area contributed by atoms with E-state index in [1.165, 1.54) is 0 Å². The van der Waals surface area contributed by atoms with Gasteiger partial charge in [-0.1, -0.05) is 0 Å². The third-order valence-electron chi connectivity index (χ3n) is 3.87. The van der Waals surface area contributed by atoms with Crippen LogP contribution in [0.2, 0.25) is 0 Å². The van der Waals surface area contributed by atoms with E-state index in [9.17, 15) is 4.79 Å². The average molecular weight is 260 g/mol. The molecule has 0 bridgehead atoms. The number of nitrogens with one attached hydrogen (secondary N) is 1. The molecule has 1 aliphatic heterocycles. The van der Waals surface area contributed by atoms with E-state index in [4.69, 9.17) is 5.73 Å². The number of aromatic nitrogens is 1. The molecule has 5 heteroatoms. The first-order chi connectivity index (χ1) is 9.22. The van der Waals surface area contributed by atoms with Gasteiger partial charge in [-0.25, -0.2) is 4.98 Å². The quantitative estimate of drug-likeness (QED) is 0.863. The van der Waals surface area contributed by atoms with Gasteiger partial charge < -0.3 is 16.0 Å². The van der Waals surface area contributed by atoms with E-state index in [1.54, 1.807) is 6.20 Å². The molecule has 0 unspecified atom stereocenters. The second kappa shape index (κ2) is 5.07. The second-order valence-electron chi connectivity index (χ2n) is 5.49. The number of anilines is 2. The number of amides is 1. The fraction of sp³-hybridized carbons (Fsp3) is 0.571. The number of hydrogen-bond donors (Lipinski definition) is 2. The molecule has 0 radical (unpaired) electrons. The molecule has 1 aromatic heterocycles. The third kappa shape index (κ3) is 2.97. The summed E-state index contributed by atoms with van der Waals surface area (Å²) in [6.07, 6.45) is 5.82. The van der Waals surface area contributed by atoms with Gasteiger partial charge in [-0.3, -0.25) is 4.79 Å². The van der Waals surface area contributed by atoms with Crippen molar-refractivity contribution in [3.63, 3.8) is 0 Å². The molecule has 1 saturated heterocycles. The van der Waals surface area contributed by atoms with Gasteiger partial charge in [0, 0.05) is 25.0 Å². The first-order valence-corrected chi connectivity index (χ1v) is 6.99. The molecule has 19 heavy (non-hydrogen) atoms. The lowest BCUT2D eigenvalue weighted by Gasteiger charge is -2.32. The monoisotopic (exact) mass is 260 g/mol. The maximum Gasteiger partial charge on any atom is 0.225 e. The van der Waals surface area contributed by atoms with Crippen LogP contribution in [0, 0.1) is 5.92 Å². The third-order valence-corrected chi connectivity index (χ3v) is 3.87. The molecule has 2 aliphatic rings. The van der Waals surface area contributed by atoms with Crippen molar-refractivity contribution in [2.75, 3.05) is 24.1 Å². The summed E-state index contributed by atoms with van der Waals surface area (Å²) in [6, 6.07) is 4.15. The Hall–Kier alpha value is -1.78. The summed E-state index contributed by atoms with van der Waals surface area (Å²) in [4.78, 5) is 18.2. The van der Waals surface area contributed by atoms with Gasteiger partial charge >= 0.3 is 0 Å². The van der Waals surface area contributed by atoms with Gasteiger partial charge in [0.15, 0.2) is 0 Å². The van der Waals surface area contributed by atoms with Crippen LogP contribution in [-0.2, 0) is 4.79 Å². The van der Waals surface area contributed by atoms with Crippen molar-refractivity contribution < 1.29 is 4.79 Å². The zero-order valence-electron chi connectivity index (χ0n) is 11.0. The molecule has 5 nitrogen and oxygen atoms in total. The first kappa shape index (κ1) is 12.3. The van der Waals surface area contributed by atoms with Crippen molar-refractivity contribution in [1.82, 2.24) is 9.88 Å². The number of rotatable bonds is 3. The summed E-state index contributed by atoms with van der Waals surface area (Å²) in [7, 11) is 0. The van der Waals surface area contributed by atoms with Crippen LogP contribution in [0.3, 0.4) is 0 Å². The lowest BCUT2D eigenvalue weighted by molar-refractivity contribution is -0.133. The zero-order valence-corrected chi connectivity index (χ0v) is 11.0. The maximum absolute atomic E-state index is 11.9. The molecule has 2 fully saturated rings. The van der Waals surface area contributed by atoms with Gasteiger partial charge in [-0.15, -0.1) is 0 Å². The van der Waals surface area contributed by atoms with Crippen molar-refractivity contribution in [2.24, 2.45) is 5.92 Å². The Morgan fingerprint density at radius 2 is 2.00 bits per heavy atom. The number of nitrogen functional groups attached to an aromatic ring is 1. The minimum absolute atomic E-state index is 0.336. The summed E-state index contributed by atoms with van der Waals surface area (Å²) in [6.45, 7) is 1.73. The average Bonchev–Trinajstić information content (AvgIpc) is 3.26. The molecular formula is C14H20N4O. The first-order valence-electron chi connectivity index (χ1n) is 6.99. The Bertz CT molecular complexity index is 447. The number of hydrogen-bond acceptors (Lipinski definition) is 4. The fourth-order valence-corrected chi connectivity index (χ4v) is 2.53. The van der Waals surface area contributed by atoms with E-state index in [-0.39, 0.29) is 0 Å². The number of nitrogens with zero attached hydrogens (tertiary/aromatic N) is 2. The van der Waals surface area contributed by atoms with E-state index in [0.29, 0.717) is 23.6 Å². The number of pyridine rings is 1. The molecule has 3 N–H and O–H groups in total. The molecule has 0 atom stereocenters. The molecule has 1 aromatic rings. The Kier molecular flexibility index (Phi) is 3.27. The molecule has 1 saturated carbocycles. The minimum Gasteiger partial charge on any atom is -0.397 e. The number of carbonyl (C=O) groups excluding carboxylic acids is 1. The maximum atomic E-state index is 11.9. The normalized spacial score (nSPS) is 20.3. The van der Waals surface area contributed by atoms with Gasteiger partial charge in [0.05, 0.1) is 11.9 Å². The van der Waals surface area contributed by atoms with Crippen molar-refractivity contribution in [3.05, 3.63) is 18.3 Å². The topological polar surface area (TPSA) is 71.2 Å². The summed E-state index contributed by atoms with van der Waals surface area (Å²) in [5, 5.41) is 3.41. The van der Waals surface area contributed by atoms with Crippen LogP contribution in [0.15, 0.2) is 18.3 Å². The van der Waals surface area contributed by atoms with Crippen LogP contribution in [0.1, 0.15) is 25.7 Å². The number of carbonyl (C=O) groups is 1. The van der Waals surface area contributed by atoms with Gasteiger partial charge in [-0.2, -0.15) is 0 Å². The Morgan fingerprint density at radius 1 is 1.26 bits per heavy atom. The van der Waals surface area contributed by atoms with Crippen LogP contribution in [0.5, 0.6) is 0 Å². The standard InChI is InChI=1S/C14H20N4O/c15-11-3-4-13(16-9-11)17-12-5-7-18(8-6-12)14(19)10-1-2-10/h3-4,9-10,12H,1-2,5-8,15H2,(H,16,17). The molecule has 0 aromatic carbocycles. The van der Waals surface area contributed by atoms with E-state index in [1.807, 2.05) is 17.0 Å². The number of piperidine rings is 1. The fourth-order valence-electron chi connectivity index (χ4n) is 2.53. The Balaban J connectivity index is 1.49. The minimum atomic E-state index is 0.336. The highest BCUT2D eigenvalue weighted by Gasteiger charge is 2.34. The Morgan fingerprint density at radius 3 is 2.58 bits per heavy atom. The molecule has 0 spiro atoms. The van der Waals surface area contributed by atoms with E-state index in [2.05, 4.69) is 10.3 Å². The lowest BCUT2D eigenvalue weighted by Crippen LogP contribution is -2.43. The van der Waals surface area contributed by atoms with Crippen LogP contribution >= 0.6 is 0 Å². The second-order valence-corrected chi connectivity index (χ2v) is 5.49. The largest absolute Gasteiger partial charge is 0.397 e. The van der Waals surface area contributed by atoms with E-state index >= 15 is 0 Å². The summed E-state index contributed by atoms with van der Waals surface area (Å²) in [5.74, 6) is 1.56. The molecule has 1 aliphatic carbocycles. The van der Waals surface area contributed by atoms with Gasteiger partial charge in [0.25, 0.3) is 0 Å². The molecule has 102 valence electrons. The van der Waals surface area contributed by atoms with Crippen molar-refractivity contribution in [1.29, 1.82) is 0 Å². The SMILES string of the molecule is Nc1ccc(NC2CCN(C(=O)C3CC3)CC2)nc1. The lowest BCUT2D eigenvalue weighted by atomic mass is 10.0. The highest BCUT2D eigenvalue weighted by atomic mass is 16.2. The zero-order chi connectivity index (χ0) is 13.2. The predicted molar refractivity (Wildman–Crippen MR) is 74.6 cm³/mol. The van der Waals surface area contributed by atoms with Crippen molar-refractivity contribution in [2.45, 2.75) is 31.7 Å². The van der Waals surface area contributed by atoms with Crippen LogP contribution < -0.4 is 11.1 Å².